The lowest BCUT2D eigenvalue weighted by molar-refractivity contribution is 0.0561. The third-order valence-corrected chi connectivity index (χ3v) is 4.92. The van der Waals surface area contributed by atoms with Gasteiger partial charge in [-0.15, -0.1) is 0 Å². The molecule has 4 nitrogen and oxygen atoms in total. The minimum Gasteiger partial charge on any atom is -0.354 e. The average Bonchev–Trinajstić information content (AvgIpc) is 2.48. The first-order chi connectivity index (χ1) is 10.2. The first-order valence-electron chi connectivity index (χ1n) is 8.37. The largest absolute Gasteiger partial charge is 0.354 e. The van der Waals surface area contributed by atoms with Crippen molar-refractivity contribution in [3.05, 3.63) is 24.4 Å². The van der Waals surface area contributed by atoms with E-state index in [0.717, 1.165) is 30.9 Å². The number of anilines is 1. The molecule has 4 heteroatoms. The molecule has 2 aliphatic rings. The van der Waals surface area contributed by atoms with Crippen molar-refractivity contribution in [1.29, 1.82) is 0 Å². The maximum atomic E-state index is 4.47. The van der Waals surface area contributed by atoms with Gasteiger partial charge in [0.05, 0.1) is 0 Å². The number of piperazine rings is 1. The summed E-state index contributed by atoms with van der Waals surface area (Å²) >= 11 is 0. The van der Waals surface area contributed by atoms with E-state index in [4.69, 9.17) is 0 Å². The van der Waals surface area contributed by atoms with Gasteiger partial charge in [-0.25, -0.2) is 4.98 Å². The third kappa shape index (κ3) is 3.55. The van der Waals surface area contributed by atoms with Crippen LogP contribution in [-0.4, -0.2) is 54.7 Å². The fraction of sp³-hybridized carbons (Fsp3) is 0.706. The number of pyridine rings is 1. The van der Waals surface area contributed by atoms with Crippen LogP contribution in [0.3, 0.4) is 0 Å². The fourth-order valence-corrected chi connectivity index (χ4v) is 3.48. The molecule has 0 aromatic carbocycles. The summed E-state index contributed by atoms with van der Waals surface area (Å²) in [5.41, 5.74) is 0. The Morgan fingerprint density at radius 3 is 2.57 bits per heavy atom. The van der Waals surface area contributed by atoms with Crippen LogP contribution < -0.4 is 10.2 Å². The molecular formula is C17H28N4. The van der Waals surface area contributed by atoms with Gasteiger partial charge in [0.25, 0.3) is 0 Å². The van der Waals surface area contributed by atoms with Crippen LogP contribution in [0.2, 0.25) is 0 Å². The molecule has 1 aliphatic carbocycles. The molecule has 1 aromatic heterocycles. The van der Waals surface area contributed by atoms with Crippen molar-refractivity contribution in [1.82, 2.24) is 15.2 Å². The SMILES string of the molecule is CC(C)NCC1CCC1N1CCN(c2ccccn2)CC1. The Labute approximate surface area is 128 Å². The summed E-state index contributed by atoms with van der Waals surface area (Å²) in [6, 6.07) is 7.60. The number of hydrogen-bond donors (Lipinski definition) is 1. The lowest BCUT2D eigenvalue weighted by Crippen LogP contribution is -2.57. The van der Waals surface area contributed by atoms with Crippen LogP contribution in [0, 0.1) is 5.92 Å². The van der Waals surface area contributed by atoms with Crippen molar-refractivity contribution in [2.24, 2.45) is 5.92 Å². The summed E-state index contributed by atoms with van der Waals surface area (Å²) in [6.07, 6.45) is 4.67. The van der Waals surface area contributed by atoms with Crippen LogP contribution in [0.15, 0.2) is 24.4 Å². The van der Waals surface area contributed by atoms with Gasteiger partial charge in [0.2, 0.25) is 0 Å². The van der Waals surface area contributed by atoms with Gasteiger partial charge in [0, 0.05) is 44.5 Å². The zero-order valence-electron chi connectivity index (χ0n) is 13.3. The summed E-state index contributed by atoms with van der Waals surface area (Å²) < 4.78 is 0. The molecular weight excluding hydrogens is 260 g/mol. The second-order valence-electron chi connectivity index (χ2n) is 6.68. The molecule has 116 valence electrons. The van der Waals surface area contributed by atoms with E-state index in [0.29, 0.717) is 6.04 Å². The Morgan fingerprint density at radius 2 is 2.00 bits per heavy atom. The van der Waals surface area contributed by atoms with Crippen LogP contribution in [-0.2, 0) is 0 Å². The van der Waals surface area contributed by atoms with Crippen molar-refractivity contribution in [3.63, 3.8) is 0 Å². The highest BCUT2D eigenvalue weighted by atomic mass is 15.3. The van der Waals surface area contributed by atoms with Gasteiger partial charge in [0.15, 0.2) is 0 Å². The zero-order chi connectivity index (χ0) is 14.7. The highest BCUT2D eigenvalue weighted by Gasteiger charge is 2.36. The smallest absolute Gasteiger partial charge is 0.128 e. The molecule has 0 radical (unpaired) electrons. The zero-order valence-corrected chi connectivity index (χ0v) is 13.3. The van der Waals surface area contributed by atoms with Crippen molar-refractivity contribution in [2.45, 2.75) is 38.8 Å². The van der Waals surface area contributed by atoms with Crippen LogP contribution in [0.4, 0.5) is 5.82 Å². The van der Waals surface area contributed by atoms with Crippen LogP contribution in [0.1, 0.15) is 26.7 Å². The van der Waals surface area contributed by atoms with Gasteiger partial charge < -0.3 is 10.2 Å². The molecule has 1 aromatic rings. The van der Waals surface area contributed by atoms with E-state index in [1.807, 2.05) is 12.3 Å². The number of hydrogen-bond acceptors (Lipinski definition) is 4. The second kappa shape index (κ2) is 6.75. The van der Waals surface area contributed by atoms with Gasteiger partial charge in [-0.2, -0.15) is 0 Å². The summed E-state index contributed by atoms with van der Waals surface area (Å²) in [7, 11) is 0. The number of rotatable bonds is 5. The second-order valence-corrected chi connectivity index (χ2v) is 6.68. The van der Waals surface area contributed by atoms with Crippen LogP contribution in [0.5, 0.6) is 0 Å². The Balaban J connectivity index is 1.47. The first-order valence-corrected chi connectivity index (χ1v) is 8.37. The Hall–Kier alpha value is -1.13. The van der Waals surface area contributed by atoms with Gasteiger partial charge in [-0.05, 0) is 37.4 Å². The summed E-state index contributed by atoms with van der Waals surface area (Å²) in [6.45, 7) is 10.2. The van der Waals surface area contributed by atoms with Gasteiger partial charge in [0.1, 0.15) is 5.82 Å². The van der Waals surface area contributed by atoms with Gasteiger partial charge >= 0.3 is 0 Å². The minimum absolute atomic E-state index is 0.604. The van der Waals surface area contributed by atoms with E-state index in [1.165, 1.54) is 32.5 Å². The third-order valence-electron chi connectivity index (χ3n) is 4.92. The van der Waals surface area contributed by atoms with E-state index >= 15 is 0 Å². The molecule has 3 rings (SSSR count). The van der Waals surface area contributed by atoms with Crippen molar-refractivity contribution in [2.75, 3.05) is 37.6 Å². The lowest BCUT2D eigenvalue weighted by Gasteiger charge is -2.48. The molecule has 2 atom stereocenters. The van der Waals surface area contributed by atoms with Crippen molar-refractivity contribution >= 4 is 5.82 Å². The average molecular weight is 288 g/mol. The van der Waals surface area contributed by atoms with E-state index in [2.05, 4.69) is 46.1 Å². The molecule has 0 bridgehead atoms. The van der Waals surface area contributed by atoms with Crippen LogP contribution in [0.25, 0.3) is 0 Å². The molecule has 2 unspecified atom stereocenters. The summed E-state index contributed by atoms with van der Waals surface area (Å²) in [5.74, 6) is 1.98. The molecule has 21 heavy (non-hydrogen) atoms. The molecule has 1 saturated carbocycles. The van der Waals surface area contributed by atoms with E-state index in [9.17, 15) is 0 Å². The monoisotopic (exact) mass is 288 g/mol. The Bertz CT molecular complexity index is 426. The Morgan fingerprint density at radius 1 is 1.19 bits per heavy atom. The molecule has 2 fully saturated rings. The van der Waals surface area contributed by atoms with Gasteiger partial charge in [-0.3, -0.25) is 4.90 Å². The normalized spacial score (nSPS) is 26.9. The van der Waals surface area contributed by atoms with E-state index in [-0.39, 0.29) is 0 Å². The quantitative estimate of drug-likeness (QED) is 0.898. The predicted molar refractivity (Wildman–Crippen MR) is 87.7 cm³/mol. The maximum absolute atomic E-state index is 4.47. The number of nitrogens with zero attached hydrogens (tertiary/aromatic N) is 3. The topological polar surface area (TPSA) is 31.4 Å². The van der Waals surface area contributed by atoms with Crippen molar-refractivity contribution in [3.8, 4) is 0 Å². The first kappa shape index (κ1) is 14.8. The summed E-state index contributed by atoms with van der Waals surface area (Å²) in [5, 5.41) is 3.60. The molecule has 0 amide bonds. The molecule has 1 aliphatic heterocycles. The lowest BCUT2D eigenvalue weighted by atomic mass is 9.78. The minimum atomic E-state index is 0.604. The van der Waals surface area contributed by atoms with Gasteiger partial charge in [-0.1, -0.05) is 19.9 Å². The molecule has 2 heterocycles. The van der Waals surface area contributed by atoms with E-state index < -0.39 is 0 Å². The van der Waals surface area contributed by atoms with Crippen molar-refractivity contribution < 1.29 is 0 Å². The van der Waals surface area contributed by atoms with Crippen LogP contribution >= 0.6 is 0 Å². The molecule has 1 saturated heterocycles. The maximum Gasteiger partial charge on any atom is 0.128 e. The molecule has 1 N–H and O–H groups in total. The van der Waals surface area contributed by atoms with E-state index in [1.54, 1.807) is 0 Å². The molecule has 0 spiro atoms. The Kier molecular flexibility index (Phi) is 4.76. The highest BCUT2D eigenvalue weighted by molar-refractivity contribution is 5.38. The predicted octanol–water partition coefficient (Wildman–Crippen LogP) is 1.98. The standard InChI is InChI=1S/C17H28N4/c1-14(2)19-13-15-6-7-16(15)20-9-11-21(12-10-20)17-5-3-4-8-18-17/h3-5,8,14-16,19H,6-7,9-13H2,1-2H3. The fourth-order valence-electron chi connectivity index (χ4n) is 3.48. The number of nitrogens with one attached hydrogen (secondary N) is 1. The number of aromatic nitrogens is 1. The summed E-state index contributed by atoms with van der Waals surface area (Å²) in [4.78, 5) is 9.58. The highest BCUT2D eigenvalue weighted by Crippen LogP contribution is 2.32.